The van der Waals surface area contributed by atoms with Crippen molar-refractivity contribution in [2.24, 2.45) is 7.05 Å². The molecule has 1 aromatic carbocycles. The van der Waals surface area contributed by atoms with Crippen molar-refractivity contribution in [3.63, 3.8) is 0 Å². The van der Waals surface area contributed by atoms with E-state index in [9.17, 15) is 8.78 Å². The van der Waals surface area contributed by atoms with E-state index in [4.69, 9.17) is 0 Å². The number of hydrogen-bond acceptors (Lipinski definition) is 2. The molecule has 0 fully saturated rings. The molecule has 0 bridgehead atoms. The largest absolute Gasteiger partial charge is 0.305 e. The zero-order valence-corrected chi connectivity index (χ0v) is 10.3. The molecule has 5 heteroatoms. The average Bonchev–Trinajstić information content (AvgIpc) is 2.74. The van der Waals surface area contributed by atoms with Crippen LogP contribution in [0, 0.1) is 11.6 Å². The second-order valence-corrected chi connectivity index (χ2v) is 4.01. The van der Waals surface area contributed by atoms with Crippen molar-refractivity contribution in [2.75, 3.05) is 6.54 Å². The average molecular weight is 251 g/mol. The van der Waals surface area contributed by atoms with E-state index in [-0.39, 0.29) is 5.56 Å². The fraction of sp³-hybridized carbons (Fsp3) is 0.308. The van der Waals surface area contributed by atoms with Crippen molar-refractivity contribution in [1.29, 1.82) is 0 Å². The van der Waals surface area contributed by atoms with E-state index in [0.29, 0.717) is 6.54 Å². The summed E-state index contributed by atoms with van der Waals surface area (Å²) >= 11 is 0. The standard InChI is InChI=1S/C13H15F2N3/c1-3-16-13(11-7-8-17-18(11)2)12-9(14)5-4-6-10(12)15/h4-8,13,16H,3H2,1-2H3. The molecule has 0 saturated carbocycles. The van der Waals surface area contributed by atoms with Crippen LogP contribution >= 0.6 is 0 Å². The highest BCUT2D eigenvalue weighted by atomic mass is 19.1. The SMILES string of the molecule is CCNC(c1c(F)cccc1F)c1ccnn1C. The van der Waals surface area contributed by atoms with E-state index in [1.807, 2.05) is 6.92 Å². The van der Waals surface area contributed by atoms with Gasteiger partial charge in [-0.2, -0.15) is 5.10 Å². The van der Waals surface area contributed by atoms with Crippen LogP contribution in [0.1, 0.15) is 24.2 Å². The lowest BCUT2D eigenvalue weighted by molar-refractivity contribution is 0.493. The van der Waals surface area contributed by atoms with Crippen LogP contribution in [0.25, 0.3) is 0 Å². The van der Waals surface area contributed by atoms with Gasteiger partial charge in [0, 0.05) is 18.8 Å². The second kappa shape index (κ2) is 5.27. The topological polar surface area (TPSA) is 29.9 Å². The van der Waals surface area contributed by atoms with Crippen LogP contribution in [0.4, 0.5) is 8.78 Å². The van der Waals surface area contributed by atoms with E-state index in [2.05, 4.69) is 10.4 Å². The number of benzene rings is 1. The summed E-state index contributed by atoms with van der Waals surface area (Å²) in [6, 6.07) is 5.10. The molecule has 0 aliphatic rings. The summed E-state index contributed by atoms with van der Waals surface area (Å²) in [7, 11) is 1.75. The normalized spacial score (nSPS) is 12.7. The Bertz CT molecular complexity index is 517. The summed E-state index contributed by atoms with van der Waals surface area (Å²) in [5.74, 6) is -1.11. The molecule has 1 unspecified atom stereocenters. The molecule has 0 saturated heterocycles. The molecule has 0 radical (unpaired) electrons. The first-order valence-corrected chi connectivity index (χ1v) is 5.80. The number of halogens is 2. The molecule has 1 atom stereocenters. The molecule has 0 aliphatic carbocycles. The van der Waals surface area contributed by atoms with Gasteiger partial charge in [-0.1, -0.05) is 13.0 Å². The Morgan fingerprint density at radius 1 is 1.28 bits per heavy atom. The van der Waals surface area contributed by atoms with Gasteiger partial charge in [0.25, 0.3) is 0 Å². The maximum absolute atomic E-state index is 13.8. The lowest BCUT2D eigenvalue weighted by Crippen LogP contribution is -2.26. The van der Waals surface area contributed by atoms with Gasteiger partial charge in [-0.3, -0.25) is 4.68 Å². The fourth-order valence-corrected chi connectivity index (χ4v) is 2.01. The smallest absolute Gasteiger partial charge is 0.131 e. The highest BCUT2D eigenvalue weighted by molar-refractivity contribution is 5.30. The van der Waals surface area contributed by atoms with Crippen molar-refractivity contribution in [3.8, 4) is 0 Å². The number of rotatable bonds is 4. The van der Waals surface area contributed by atoms with E-state index < -0.39 is 17.7 Å². The molecule has 1 heterocycles. The van der Waals surface area contributed by atoms with Crippen LogP contribution in [0.3, 0.4) is 0 Å². The first-order valence-electron chi connectivity index (χ1n) is 5.80. The minimum Gasteiger partial charge on any atom is -0.305 e. The maximum atomic E-state index is 13.8. The van der Waals surface area contributed by atoms with E-state index in [1.165, 1.54) is 18.2 Å². The quantitative estimate of drug-likeness (QED) is 0.904. The molecular formula is C13H15F2N3. The van der Waals surface area contributed by atoms with Gasteiger partial charge in [-0.05, 0) is 24.7 Å². The molecule has 96 valence electrons. The Hall–Kier alpha value is -1.75. The van der Waals surface area contributed by atoms with Gasteiger partial charge in [0.1, 0.15) is 11.6 Å². The third-order valence-electron chi connectivity index (χ3n) is 2.85. The summed E-state index contributed by atoms with van der Waals surface area (Å²) in [4.78, 5) is 0. The van der Waals surface area contributed by atoms with Crippen LogP contribution < -0.4 is 5.32 Å². The van der Waals surface area contributed by atoms with Crippen LogP contribution in [-0.4, -0.2) is 16.3 Å². The van der Waals surface area contributed by atoms with Gasteiger partial charge in [0.2, 0.25) is 0 Å². The zero-order chi connectivity index (χ0) is 13.1. The molecule has 0 aliphatic heterocycles. The van der Waals surface area contributed by atoms with Gasteiger partial charge in [-0.15, -0.1) is 0 Å². The van der Waals surface area contributed by atoms with E-state index >= 15 is 0 Å². The highest BCUT2D eigenvalue weighted by Gasteiger charge is 2.23. The van der Waals surface area contributed by atoms with Gasteiger partial charge < -0.3 is 5.32 Å². The highest BCUT2D eigenvalue weighted by Crippen LogP contribution is 2.26. The first kappa shape index (κ1) is 12.7. The molecule has 2 rings (SSSR count). The van der Waals surface area contributed by atoms with Crippen molar-refractivity contribution in [1.82, 2.24) is 15.1 Å². The van der Waals surface area contributed by atoms with E-state index in [1.54, 1.807) is 24.0 Å². The lowest BCUT2D eigenvalue weighted by atomic mass is 10.0. The summed E-state index contributed by atoms with van der Waals surface area (Å²) < 4.78 is 29.3. The number of hydrogen-bond donors (Lipinski definition) is 1. The first-order chi connectivity index (χ1) is 8.65. The predicted molar refractivity (Wildman–Crippen MR) is 65.1 cm³/mol. The van der Waals surface area contributed by atoms with Crippen LogP contribution in [0.2, 0.25) is 0 Å². The molecule has 0 spiro atoms. The predicted octanol–water partition coefficient (Wildman–Crippen LogP) is 2.40. The minimum atomic E-state index is -0.554. The Kier molecular flexibility index (Phi) is 3.72. The maximum Gasteiger partial charge on any atom is 0.131 e. The molecule has 18 heavy (non-hydrogen) atoms. The van der Waals surface area contributed by atoms with Crippen LogP contribution in [0.5, 0.6) is 0 Å². The number of nitrogens with one attached hydrogen (secondary N) is 1. The van der Waals surface area contributed by atoms with Gasteiger partial charge >= 0.3 is 0 Å². The molecule has 0 amide bonds. The summed E-state index contributed by atoms with van der Waals surface area (Å²) in [5, 5.41) is 7.12. The lowest BCUT2D eigenvalue weighted by Gasteiger charge is -2.19. The Balaban J connectivity index is 2.52. The number of aryl methyl sites for hydroxylation is 1. The molecule has 1 aromatic heterocycles. The van der Waals surface area contributed by atoms with Crippen molar-refractivity contribution in [3.05, 3.63) is 53.4 Å². The van der Waals surface area contributed by atoms with Gasteiger partial charge in [0.05, 0.1) is 11.7 Å². The number of aromatic nitrogens is 2. The van der Waals surface area contributed by atoms with Crippen molar-refractivity contribution >= 4 is 0 Å². The Morgan fingerprint density at radius 3 is 2.44 bits per heavy atom. The van der Waals surface area contributed by atoms with Crippen LogP contribution in [-0.2, 0) is 7.05 Å². The van der Waals surface area contributed by atoms with Crippen molar-refractivity contribution < 1.29 is 8.78 Å². The second-order valence-electron chi connectivity index (χ2n) is 4.01. The summed E-state index contributed by atoms with van der Waals surface area (Å²) in [6.07, 6.45) is 1.61. The van der Waals surface area contributed by atoms with Gasteiger partial charge in [0.15, 0.2) is 0 Å². The Morgan fingerprint density at radius 2 is 1.94 bits per heavy atom. The van der Waals surface area contributed by atoms with Crippen molar-refractivity contribution in [2.45, 2.75) is 13.0 Å². The Labute approximate surface area is 104 Å². The summed E-state index contributed by atoms with van der Waals surface area (Å²) in [6.45, 7) is 2.49. The zero-order valence-electron chi connectivity index (χ0n) is 10.3. The fourth-order valence-electron chi connectivity index (χ4n) is 2.01. The summed E-state index contributed by atoms with van der Waals surface area (Å²) in [5.41, 5.74) is 0.754. The van der Waals surface area contributed by atoms with Crippen LogP contribution in [0.15, 0.2) is 30.5 Å². The minimum absolute atomic E-state index is 0.0305. The molecular weight excluding hydrogens is 236 g/mol. The third-order valence-corrected chi connectivity index (χ3v) is 2.85. The van der Waals surface area contributed by atoms with E-state index in [0.717, 1.165) is 5.69 Å². The number of nitrogens with zero attached hydrogens (tertiary/aromatic N) is 2. The molecule has 1 N–H and O–H groups in total. The molecule has 3 nitrogen and oxygen atoms in total. The monoisotopic (exact) mass is 251 g/mol. The van der Waals surface area contributed by atoms with Gasteiger partial charge in [-0.25, -0.2) is 8.78 Å². The third kappa shape index (κ3) is 2.26. The molecule has 2 aromatic rings.